The van der Waals surface area contributed by atoms with Gasteiger partial charge in [0, 0.05) is 25.6 Å². The summed E-state index contributed by atoms with van der Waals surface area (Å²) in [4.78, 5) is 30.6. The van der Waals surface area contributed by atoms with E-state index in [1.165, 1.54) is 4.90 Å². The van der Waals surface area contributed by atoms with E-state index in [4.69, 9.17) is 9.39 Å². The van der Waals surface area contributed by atoms with Crippen LogP contribution in [0.5, 0.6) is 0 Å². The van der Waals surface area contributed by atoms with Crippen LogP contribution in [0.15, 0.2) is 0 Å². The Kier molecular flexibility index (Phi) is 4.42. The Morgan fingerprint density at radius 1 is 1.39 bits per heavy atom. The number of nitrogens with one attached hydrogen (secondary N) is 2. The first kappa shape index (κ1) is 16.4. The molecule has 11 nitrogen and oxygen atoms in total. The fourth-order valence-electron chi connectivity index (χ4n) is 2.87. The SMILES string of the molecule is O=C(NOCC1CNC1)C1CCC2CN1C(=O)N2OS(=O)(=O)O. The Morgan fingerprint density at radius 3 is 2.74 bits per heavy atom. The number of fused-ring (bicyclic) bond motifs is 2. The Labute approximate surface area is 132 Å². The number of hydroxylamine groups is 3. The van der Waals surface area contributed by atoms with Gasteiger partial charge in [-0.25, -0.2) is 10.3 Å². The minimum atomic E-state index is -4.79. The molecule has 3 aliphatic rings. The number of carbonyl (C=O) groups is 2. The molecule has 0 aromatic carbocycles. The predicted octanol–water partition coefficient (Wildman–Crippen LogP) is -1.74. The van der Waals surface area contributed by atoms with Crippen LogP contribution in [-0.2, 0) is 24.3 Å². The summed E-state index contributed by atoms with van der Waals surface area (Å²) in [5.41, 5.74) is 2.33. The third-order valence-electron chi connectivity index (χ3n) is 4.16. The van der Waals surface area contributed by atoms with Gasteiger partial charge in [-0.15, -0.1) is 4.28 Å². The van der Waals surface area contributed by atoms with E-state index in [2.05, 4.69) is 15.1 Å². The molecule has 3 rings (SSSR count). The molecule has 130 valence electrons. The number of carbonyl (C=O) groups excluding carboxylic acids is 2. The van der Waals surface area contributed by atoms with Crippen LogP contribution in [0.25, 0.3) is 0 Å². The number of hydrogen-bond donors (Lipinski definition) is 3. The Hall–Kier alpha value is -1.47. The molecule has 0 aliphatic carbocycles. The summed E-state index contributed by atoms with van der Waals surface area (Å²) in [6.45, 7) is 2.22. The molecule has 0 aromatic rings. The maximum Gasteiger partial charge on any atom is 0.418 e. The number of hydrogen-bond acceptors (Lipinski definition) is 7. The highest BCUT2D eigenvalue weighted by molar-refractivity contribution is 7.80. The highest BCUT2D eigenvalue weighted by atomic mass is 32.3. The summed E-state index contributed by atoms with van der Waals surface area (Å²) in [5, 5.41) is 3.68. The van der Waals surface area contributed by atoms with Crippen LogP contribution in [-0.4, -0.2) is 73.2 Å². The summed E-state index contributed by atoms with van der Waals surface area (Å²) >= 11 is 0. The Morgan fingerprint density at radius 2 is 2.13 bits per heavy atom. The van der Waals surface area contributed by atoms with E-state index in [-0.39, 0.29) is 6.54 Å². The number of rotatable bonds is 6. The summed E-state index contributed by atoms with van der Waals surface area (Å²) < 4.78 is 34.6. The van der Waals surface area contributed by atoms with Crippen LogP contribution in [0.3, 0.4) is 0 Å². The first-order valence-corrected chi connectivity index (χ1v) is 8.61. The molecule has 3 amide bonds. The van der Waals surface area contributed by atoms with Crippen molar-refractivity contribution < 1.29 is 31.7 Å². The van der Waals surface area contributed by atoms with Gasteiger partial charge in [-0.2, -0.15) is 13.5 Å². The predicted molar refractivity (Wildman–Crippen MR) is 73.8 cm³/mol. The number of urea groups is 1. The highest BCUT2D eigenvalue weighted by Crippen LogP contribution is 2.30. The Bertz CT molecular complexity index is 593. The van der Waals surface area contributed by atoms with E-state index in [9.17, 15) is 18.0 Å². The lowest BCUT2D eigenvalue weighted by molar-refractivity contribution is -0.140. The second-order valence-electron chi connectivity index (χ2n) is 5.81. The molecule has 3 fully saturated rings. The zero-order valence-corrected chi connectivity index (χ0v) is 13.0. The van der Waals surface area contributed by atoms with Crippen molar-refractivity contribution in [3.8, 4) is 0 Å². The molecule has 23 heavy (non-hydrogen) atoms. The van der Waals surface area contributed by atoms with E-state index < -0.39 is 34.4 Å². The molecule has 12 heteroatoms. The van der Waals surface area contributed by atoms with Gasteiger partial charge in [0.25, 0.3) is 5.91 Å². The zero-order chi connectivity index (χ0) is 16.6. The molecule has 3 N–H and O–H groups in total. The van der Waals surface area contributed by atoms with Crippen LogP contribution in [0.4, 0.5) is 4.79 Å². The molecule has 2 bridgehead atoms. The molecular weight excluding hydrogens is 332 g/mol. The highest BCUT2D eigenvalue weighted by Gasteiger charge is 2.49. The van der Waals surface area contributed by atoms with Crippen LogP contribution in [0.2, 0.25) is 0 Å². The van der Waals surface area contributed by atoms with Crippen molar-refractivity contribution in [2.75, 3.05) is 26.2 Å². The molecular formula is C11H18N4O7S. The fraction of sp³-hybridized carbons (Fsp3) is 0.818. The van der Waals surface area contributed by atoms with Gasteiger partial charge < -0.3 is 10.2 Å². The van der Waals surface area contributed by atoms with Crippen LogP contribution < -0.4 is 10.8 Å². The van der Waals surface area contributed by atoms with E-state index in [0.717, 1.165) is 13.1 Å². The molecule has 3 saturated heterocycles. The van der Waals surface area contributed by atoms with Gasteiger partial charge in [0.2, 0.25) is 0 Å². The van der Waals surface area contributed by atoms with E-state index in [1.807, 2.05) is 0 Å². The van der Waals surface area contributed by atoms with Crippen LogP contribution in [0.1, 0.15) is 12.8 Å². The van der Waals surface area contributed by atoms with Gasteiger partial charge in [0.15, 0.2) is 0 Å². The maximum absolute atomic E-state index is 12.1. The van der Waals surface area contributed by atoms with E-state index in [0.29, 0.717) is 30.4 Å². The summed E-state index contributed by atoms with van der Waals surface area (Å²) in [6.07, 6.45) is 0.726. The largest absolute Gasteiger partial charge is 0.418 e. The smallest absolute Gasteiger partial charge is 0.316 e. The second-order valence-corrected chi connectivity index (χ2v) is 6.82. The lowest BCUT2D eigenvalue weighted by Gasteiger charge is -2.30. The molecule has 3 aliphatic heterocycles. The Balaban J connectivity index is 1.56. The van der Waals surface area contributed by atoms with Gasteiger partial charge in [0.1, 0.15) is 6.04 Å². The fourth-order valence-corrected chi connectivity index (χ4v) is 3.26. The quantitative estimate of drug-likeness (QED) is 0.379. The maximum atomic E-state index is 12.1. The second kappa shape index (κ2) is 6.20. The first-order chi connectivity index (χ1) is 10.8. The molecule has 0 aromatic heterocycles. The van der Waals surface area contributed by atoms with Crippen molar-refractivity contribution in [2.45, 2.75) is 24.9 Å². The van der Waals surface area contributed by atoms with Gasteiger partial charge in [0.05, 0.1) is 12.6 Å². The van der Waals surface area contributed by atoms with Crippen LogP contribution in [0, 0.1) is 5.92 Å². The molecule has 0 radical (unpaired) electrons. The minimum Gasteiger partial charge on any atom is -0.316 e. The zero-order valence-electron chi connectivity index (χ0n) is 12.2. The van der Waals surface area contributed by atoms with Gasteiger partial charge >= 0.3 is 16.4 Å². The van der Waals surface area contributed by atoms with Crippen LogP contribution >= 0.6 is 0 Å². The first-order valence-electron chi connectivity index (χ1n) is 7.24. The van der Waals surface area contributed by atoms with Crippen molar-refractivity contribution >= 4 is 22.3 Å². The van der Waals surface area contributed by atoms with E-state index in [1.54, 1.807) is 0 Å². The van der Waals surface area contributed by atoms with Crippen molar-refractivity contribution in [3.63, 3.8) is 0 Å². The average Bonchev–Trinajstić information content (AvgIpc) is 2.65. The normalized spacial score (nSPS) is 28.0. The lowest BCUT2D eigenvalue weighted by atomic mass is 10.0. The summed E-state index contributed by atoms with van der Waals surface area (Å²) in [7, 11) is -4.79. The monoisotopic (exact) mass is 350 g/mol. The number of nitrogens with zero attached hydrogens (tertiary/aromatic N) is 2. The topological polar surface area (TPSA) is 138 Å². The molecule has 2 atom stereocenters. The number of piperidine rings is 1. The van der Waals surface area contributed by atoms with Gasteiger partial charge in [-0.3, -0.25) is 14.2 Å². The molecule has 2 unspecified atom stereocenters. The van der Waals surface area contributed by atoms with Crippen molar-refractivity contribution in [1.29, 1.82) is 0 Å². The summed E-state index contributed by atoms with van der Waals surface area (Å²) in [6, 6.07) is -2.04. The number of amides is 3. The van der Waals surface area contributed by atoms with Gasteiger partial charge in [-0.05, 0) is 12.8 Å². The van der Waals surface area contributed by atoms with Crippen molar-refractivity contribution in [3.05, 3.63) is 0 Å². The molecule has 3 heterocycles. The minimum absolute atomic E-state index is 0.152. The lowest BCUT2D eigenvalue weighted by Crippen LogP contribution is -2.51. The standard InChI is InChI=1S/C11H18N4O7S/c16-10(13-21-6-7-3-12-4-7)9-2-1-8-5-14(9)11(17)15(8)22-23(18,19)20/h7-9,12H,1-6H2,(H,13,16)(H,18,19,20). The van der Waals surface area contributed by atoms with Crippen molar-refractivity contribution in [1.82, 2.24) is 20.8 Å². The average molecular weight is 350 g/mol. The third kappa shape index (κ3) is 3.55. The van der Waals surface area contributed by atoms with Crippen molar-refractivity contribution in [2.24, 2.45) is 5.92 Å². The molecule has 0 saturated carbocycles. The summed E-state index contributed by atoms with van der Waals surface area (Å²) in [5.74, 6) is -0.101. The third-order valence-corrected chi connectivity index (χ3v) is 4.51. The van der Waals surface area contributed by atoms with E-state index >= 15 is 0 Å². The van der Waals surface area contributed by atoms with Gasteiger partial charge in [-0.1, -0.05) is 0 Å². The molecule has 0 spiro atoms.